The van der Waals surface area contributed by atoms with Gasteiger partial charge >= 0.3 is 0 Å². The number of nitrogens with one attached hydrogen (secondary N) is 1. The van der Waals surface area contributed by atoms with Crippen LogP contribution in [0.5, 0.6) is 0 Å². The van der Waals surface area contributed by atoms with Crippen molar-refractivity contribution in [1.82, 2.24) is 10.2 Å². The summed E-state index contributed by atoms with van der Waals surface area (Å²) < 4.78 is 5.90. The van der Waals surface area contributed by atoms with Gasteiger partial charge < -0.3 is 9.73 Å². The van der Waals surface area contributed by atoms with E-state index in [2.05, 4.69) is 11.4 Å². The number of hydrogen-bond acceptors (Lipinski definition) is 4. The topological polar surface area (TPSA) is 69.3 Å². The van der Waals surface area contributed by atoms with E-state index in [4.69, 9.17) is 4.42 Å². The number of amides is 1. The second kappa shape index (κ2) is 7.28. The van der Waals surface area contributed by atoms with Crippen molar-refractivity contribution in [3.63, 3.8) is 0 Å². The van der Waals surface area contributed by atoms with Crippen molar-refractivity contribution in [3.05, 3.63) is 36.1 Å². The van der Waals surface area contributed by atoms with Crippen LogP contribution in [0.25, 0.3) is 11.0 Å². The number of hydrogen-bond donors (Lipinski definition) is 1. The summed E-state index contributed by atoms with van der Waals surface area (Å²) in [5.74, 6) is 0.734. The molecule has 1 aliphatic carbocycles. The highest BCUT2D eigenvalue weighted by atomic mass is 16.3. The van der Waals surface area contributed by atoms with Crippen LogP contribution in [0.4, 0.5) is 0 Å². The highest BCUT2D eigenvalue weighted by Gasteiger charge is 2.34. The van der Waals surface area contributed by atoms with Gasteiger partial charge in [0.25, 0.3) is 0 Å². The fraction of sp³-hybridized carbons (Fsp3) is 0.500. The average molecular weight is 339 g/mol. The lowest BCUT2D eigenvalue weighted by Gasteiger charge is -2.32. The van der Waals surface area contributed by atoms with Crippen LogP contribution >= 0.6 is 0 Å². The zero-order valence-electron chi connectivity index (χ0n) is 14.9. The molecular weight excluding hydrogens is 314 g/mol. The van der Waals surface area contributed by atoms with Crippen LogP contribution in [0.1, 0.15) is 50.8 Å². The van der Waals surface area contributed by atoms with E-state index in [1.807, 2.05) is 49.2 Å². The summed E-state index contributed by atoms with van der Waals surface area (Å²) in [5, 5.41) is 13.5. The summed E-state index contributed by atoms with van der Waals surface area (Å²) in [6.45, 7) is 2.26. The van der Waals surface area contributed by atoms with Crippen LogP contribution < -0.4 is 5.32 Å². The molecule has 0 saturated heterocycles. The van der Waals surface area contributed by atoms with Crippen LogP contribution in [-0.4, -0.2) is 29.9 Å². The van der Waals surface area contributed by atoms with E-state index in [1.54, 1.807) is 0 Å². The Balaban J connectivity index is 1.63. The number of likely N-dealkylation sites (N-methyl/N-ethyl adjacent to an activating group) is 1. The summed E-state index contributed by atoms with van der Waals surface area (Å²) in [6.07, 6.45) is 4.64. The number of rotatable bonds is 5. The molecule has 1 aliphatic rings. The van der Waals surface area contributed by atoms with E-state index in [0.29, 0.717) is 0 Å². The van der Waals surface area contributed by atoms with Crippen LogP contribution in [0.15, 0.2) is 34.7 Å². The number of furan rings is 1. The second-order valence-electron chi connectivity index (χ2n) is 7.08. The molecule has 0 bridgehead atoms. The molecule has 1 aromatic carbocycles. The quantitative estimate of drug-likeness (QED) is 0.900. The van der Waals surface area contributed by atoms with Gasteiger partial charge in [-0.1, -0.05) is 37.5 Å². The maximum atomic E-state index is 12.5. The Morgan fingerprint density at radius 3 is 2.76 bits per heavy atom. The molecule has 2 aromatic rings. The Labute approximate surface area is 148 Å². The van der Waals surface area contributed by atoms with Gasteiger partial charge in [-0.05, 0) is 38.9 Å². The molecule has 1 heterocycles. The molecular formula is C20H25N3O2. The van der Waals surface area contributed by atoms with Gasteiger partial charge in [-0.15, -0.1) is 0 Å². The van der Waals surface area contributed by atoms with Crippen LogP contribution in [0.3, 0.4) is 0 Å². The summed E-state index contributed by atoms with van der Waals surface area (Å²) in [4.78, 5) is 14.4. The molecule has 1 amide bonds. The number of carbonyl (C=O) groups excluding carboxylic acids is 1. The van der Waals surface area contributed by atoms with Gasteiger partial charge in [0.2, 0.25) is 5.91 Å². The number of fused-ring (bicyclic) bond motifs is 1. The fourth-order valence-corrected chi connectivity index (χ4v) is 3.52. The van der Waals surface area contributed by atoms with Gasteiger partial charge in [0, 0.05) is 5.39 Å². The fourth-order valence-electron chi connectivity index (χ4n) is 3.52. The molecule has 1 atom stereocenters. The van der Waals surface area contributed by atoms with Crippen molar-refractivity contribution in [1.29, 1.82) is 5.26 Å². The maximum absolute atomic E-state index is 12.5. The van der Waals surface area contributed by atoms with Crippen LogP contribution in [-0.2, 0) is 4.79 Å². The molecule has 1 unspecified atom stereocenters. The number of nitriles is 1. The monoisotopic (exact) mass is 339 g/mol. The summed E-state index contributed by atoms with van der Waals surface area (Å²) in [5.41, 5.74) is 0.173. The third kappa shape index (κ3) is 3.85. The first kappa shape index (κ1) is 17.5. The number of para-hydroxylation sites is 1. The van der Waals surface area contributed by atoms with E-state index < -0.39 is 5.54 Å². The van der Waals surface area contributed by atoms with Crippen molar-refractivity contribution in [2.75, 3.05) is 13.6 Å². The highest BCUT2D eigenvalue weighted by Crippen LogP contribution is 2.28. The van der Waals surface area contributed by atoms with Crippen LogP contribution in [0, 0.1) is 11.3 Å². The van der Waals surface area contributed by atoms with Crippen LogP contribution in [0.2, 0.25) is 0 Å². The molecule has 0 aliphatic heterocycles. The molecule has 1 N–H and O–H groups in total. The Morgan fingerprint density at radius 1 is 1.36 bits per heavy atom. The molecule has 1 fully saturated rings. The molecule has 0 spiro atoms. The predicted octanol–water partition coefficient (Wildman–Crippen LogP) is 3.77. The normalized spacial score (nSPS) is 18.0. The lowest BCUT2D eigenvalue weighted by Crippen LogP contribution is -2.51. The van der Waals surface area contributed by atoms with Crippen molar-refractivity contribution < 1.29 is 9.21 Å². The minimum Gasteiger partial charge on any atom is -0.459 e. The van der Waals surface area contributed by atoms with E-state index in [9.17, 15) is 10.1 Å². The smallest absolute Gasteiger partial charge is 0.235 e. The molecule has 1 saturated carbocycles. The number of nitrogens with zero attached hydrogens (tertiary/aromatic N) is 2. The van der Waals surface area contributed by atoms with Gasteiger partial charge in [0.15, 0.2) is 0 Å². The lowest BCUT2D eigenvalue weighted by molar-refractivity contribution is -0.124. The largest absolute Gasteiger partial charge is 0.459 e. The Hall–Kier alpha value is -2.32. The Bertz CT molecular complexity index is 751. The van der Waals surface area contributed by atoms with Gasteiger partial charge in [-0.25, -0.2) is 0 Å². The first-order valence-electron chi connectivity index (χ1n) is 8.94. The highest BCUT2D eigenvalue weighted by molar-refractivity contribution is 5.80. The molecule has 0 radical (unpaired) electrons. The Morgan fingerprint density at radius 2 is 2.08 bits per heavy atom. The van der Waals surface area contributed by atoms with E-state index in [-0.39, 0.29) is 18.5 Å². The summed E-state index contributed by atoms with van der Waals surface area (Å²) in [6, 6.07) is 12.2. The molecule has 1 aromatic heterocycles. The van der Waals surface area contributed by atoms with Gasteiger partial charge in [-0.3, -0.25) is 9.69 Å². The molecule has 132 valence electrons. The molecule has 5 heteroatoms. The van der Waals surface area contributed by atoms with Gasteiger partial charge in [0.05, 0.1) is 18.7 Å². The summed E-state index contributed by atoms with van der Waals surface area (Å²) in [7, 11) is 1.90. The maximum Gasteiger partial charge on any atom is 0.235 e. The third-order valence-corrected chi connectivity index (χ3v) is 5.21. The molecule has 5 nitrogen and oxygen atoms in total. The SMILES string of the molecule is CC(c1cc2ccccc2o1)N(C)CC(=O)NC1(C#N)CCCCC1. The van der Waals surface area contributed by atoms with E-state index >= 15 is 0 Å². The average Bonchev–Trinajstić information content (AvgIpc) is 3.05. The zero-order valence-corrected chi connectivity index (χ0v) is 14.9. The minimum absolute atomic E-state index is 0.0254. The lowest BCUT2D eigenvalue weighted by atomic mass is 9.83. The summed E-state index contributed by atoms with van der Waals surface area (Å²) >= 11 is 0. The molecule has 25 heavy (non-hydrogen) atoms. The third-order valence-electron chi connectivity index (χ3n) is 5.21. The zero-order chi connectivity index (χ0) is 17.9. The second-order valence-corrected chi connectivity index (χ2v) is 7.08. The predicted molar refractivity (Wildman–Crippen MR) is 96.8 cm³/mol. The number of benzene rings is 1. The van der Waals surface area contributed by atoms with E-state index in [0.717, 1.165) is 48.8 Å². The van der Waals surface area contributed by atoms with Crippen molar-refractivity contribution in [2.24, 2.45) is 0 Å². The van der Waals surface area contributed by atoms with Gasteiger partial charge in [-0.2, -0.15) is 5.26 Å². The van der Waals surface area contributed by atoms with Crippen molar-refractivity contribution in [2.45, 2.75) is 50.6 Å². The van der Waals surface area contributed by atoms with E-state index in [1.165, 1.54) is 0 Å². The van der Waals surface area contributed by atoms with Crippen molar-refractivity contribution >= 4 is 16.9 Å². The molecule has 3 rings (SSSR count). The van der Waals surface area contributed by atoms with Crippen molar-refractivity contribution in [3.8, 4) is 6.07 Å². The number of carbonyl (C=O) groups is 1. The van der Waals surface area contributed by atoms with Gasteiger partial charge in [0.1, 0.15) is 16.9 Å². The first-order chi connectivity index (χ1) is 12.0. The first-order valence-corrected chi connectivity index (χ1v) is 8.94. The minimum atomic E-state index is -0.682. The Kier molecular flexibility index (Phi) is 5.10. The standard InChI is InChI=1S/C20H25N3O2/c1-15(18-12-16-8-4-5-9-17(16)25-18)23(2)13-19(24)22-20(14-21)10-6-3-7-11-20/h4-5,8-9,12,15H,3,6-7,10-11,13H2,1-2H3,(H,22,24).